The van der Waals surface area contributed by atoms with Crippen LogP contribution in [0.4, 0.5) is 0 Å². The molecule has 0 radical (unpaired) electrons. The van der Waals surface area contributed by atoms with Gasteiger partial charge in [0, 0.05) is 12.4 Å². The molecule has 1 aromatic rings. The fourth-order valence-corrected chi connectivity index (χ4v) is 1.80. The van der Waals surface area contributed by atoms with Crippen molar-refractivity contribution in [3.63, 3.8) is 0 Å². The summed E-state index contributed by atoms with van der Waals surface area (Å²) in [5.41, 5.74) is 1.58. The van der Waals surface area contributed by atoms with E-state index in [0.717, 1.165) is 0 Å². The molecule has 2 rings (SSSR count). The third kappa shape index (κ3) is 1.15. The van der Waals surface area contributed by atoms with E-state index < -0.39 is 0 Å². The fourth-order valence-electron chi connectivity index (χ4n) is 1.80. The minimum Gasteiger partial charge on any atom is -0.264 e. The molecule has 12 heavy (non-hydrogen) atoms. The molecule has 0 saturated heterocycles. The van der Waals surface area contributed by atoms with Crippen molar-refractivity contribution in [3.05, 3.63) is 28.9 Å². The lowest BCUT2D eigenvalue weighted by molar-refractivity contribution is 1.000. The van der Waals surface area contributed by atoms with E-state index >= 15 is 0 Å². The van der Waals surface area contributed by atoms with Gasteiger partial charge in [0.2, 0.25) is 0 Å². The Bertz CT molecular complexity index is 390. The monoisotopic (exact) mass is 159 g/mol. The maximum absolute atomic E-state index is 4.12. The number of hydrogen-bond donors (Lipinski definition) is 0. The number of nitrogens with zero attached hydrogens (tertiary/aromatic N) is 1. The Balaban J connectivity index is 2.78. The molecule has 1 heteroatoms. The molecule has 1 aliphatic carbocycles. The zero-order valence-electron chi connectivity index (χ0n) is 7.38. The Labute approximate surface area is 72.5 Å². The maximum atomic E-state index is 4.12. The average Bonchev–Trinajstić information content (AvgIpc) is 2.17. The van der Waals surface area contributed by atoms with Crippen molar-refractivity contribution in [3.8, 4) is 0 Å². The topological polar surface area (TPSA) is 12.9 Å². The van der Waals surface area contributed by atoms with Gasteiger partial charge in [0.1, 0.15) is 0 Å². The third-order valence-corrected chi connectivity index (χ3v) is 2.47. The van der Waals surface area contributed by atoms with Gasteiger partial charge in [-0.25, -0.2) is 0 Å². The van der Waals surface area contributed by atoms with Gasteiger partial charge < -0.3 is 0 Å². The number of hydrogen-bond acceptors (Lipinski definition) is 1. The van der Waals surface area contributed by atoms with Crippen LogP contribution in [0.5, 0.6) is 0 Å². The van der Waals surface area contributed by atoms with Gasteiger partial charge >= 0.3 is 0 Å². The summed E-state index contributed by atoms with van der Waals surface area (Å²) in [4.78, 5) is 4.12. The second-order valence-electron chi connectivity index (χ2n) is 3.16. The van der Waals surface area contributed by atoms with E-state index in [-0.39, 0.29) is 0 Å². The Kier molecular flexibility index (Phi) is 1.94. The summed E-state index contributed by atoms with van der Waals surface area (Å²) < 4.78 is 0. The maximum Gasteiger partial charge on any atom is 0.0343 e. The van der Waals surface area contributed by atoms with Crippen molar-refractivity contribution in [2.45, 2.75) is 26.2 Å². The predicted molar refractivity (Wildman–Crippen MR) is 50.9 cm³/mol. The molecule has 1 heterocycles. The lowest BCUT2D eigenvalue weighted by atomic mass is 9.99. The van der Waals surface area contributed by atoms with Crippen LogP contribution in [0, 0.1) is 0 Å². The zero-order valence-corrected chi connectivity index (χ0v) is 7.38. The molecular weight excluding hydrogens is 146 g/mol. The zero-order chi connectivity index (χ0) is 8.39. The standard InChI is InChI=1S/C11H13N/c1-2-9-4-3-5-10-8-12-7-6-11(9)10/h5-8H,2-4H2,1H3. The quantitative estimate of drug-likeness (QED) is 0.600. The van der Waals surface area contributed by atoms with E-state index in [0.29, 0.717) is 0 Å². The Morgan fingerprint density at radius 3 is 3.25 bits per heavy atom. The van der Waals surface area contributed by atoms with Crippen LogP contribution in [0.1, 0.15) is 26.2 Å². The van der Waals surface area contributed by atoms with Gasteiger partial charge in [-0.15, -0.1) is 0 Å². The molecule has 0 amide bonds. The van der Waals surface area contributed by atoms with Gasteiger partial charge in [-0.05, 0) is 35.8 Å². The predicted octanol–water partition coefficient (Wildman–Crippen LogP) is 1.22. The molecule has 0 saturated carbocycles. The van der Waals surface area contributed by atoms with Crippen molar-refractivity contribution >= 4 is 11.6 Å². The van der Waals surface area contributed by atoms with Crippen molar-refractivity contribution in [2.75, 3.05) is 0 Å². The third-order valence-electron chi connectivity index (χ3n) is 2.47. The van der Waals surface area contributed by atoms with Crippen LogP contribution < -0.4 is 10.4 Å². The van der Waals surface area contributed by atoms with Crippen LogP contribution in [0.3, 0.4) is 0 Å². The first kappa shape index (κ1) is 7.53. The average molecular weight is 159 g/mol. The van der Waals surface area contributed by atoms with Crippen LogP contribution in [0.15, 0.2) is 18.5 Å². The lowest BCUT2D eigenvalue weighted by Gasteiger charge is -2.07. The molecule has 0 fully saturated rings. The highest BCUT2D eigenvalue weighted by Gasteiger charge is 2.00. The molecule has 0 aromatic carbocycles. The van der Waals surface area contributed by atoms with Crippen molar-refractivity contribution in [1.29, 1.82) is 0 Å². The normalized spacial score (nSPS) is 15.2. The van der Waals surface area contributed by atoms with E-state index in [1.54, 1.807) is 5.57 Å². The minimum absolute atomic E-state index is 1.17. The first-order chi connectivity index (χ1) is 5.92. The van der Waals surface area contributed by atoms with Gasteiger partial charge in [0.15, 0.2) is 0 Å². The van der Waals surface area contributed by atoms with Gasteiger partial charge in [0.25, 0.3) is 0 Å². The van der Waals surface area contributed by atoms with Gasteiger partial charge in [-0.3, -0.25) is 4.98 Å². The molecule has 1 nitrogen and oxygen atoms in total. The number of aromatic nitrogens is 1. The number of fused-ring (bicyclic) bond motifs is 1. The van der Waals surface area contributed by atoms with Crippen LogP contribution in [0.25, 0.3) is 11.6 Å². The summed E-state index contributed by atoms with van der Waals surface area (Å²) in [7, 11) is 0. The summed E-state index contributed by atoms with van der Waals surface area (Å²) in [6, 6.07) is 2.13. The first-order valence-corrected chi connectivity index (χ1v) is 4.54. The van der Waals surface area contributed by atoms with E-state index in [1.165, 1.54) is 29.7 Å². The van der Waals surface area contributed by atoms with E-state index in [1.807, 2.05) is 12.4 Å². The molecule has 1 aliphatic rings. The lowest BCUT2D eigenvalue weighted by Crippen LogP contribution is -2.29. The van der Waals surface area contributed by atoms with Gasteiger partial charge in [0.05, 0.1) is 0 Å². The summed E-state index contributed by atoms with van der Waals surface area (Å²) in [6.45, 7) is 2.23. The largest absolute Gasteiger partial charge is 0.264 e. The SMILES string of the molecule is CCC1=c2ccncc2=CCC1. The Hall–Kier alpha value is -1.11. The Morgan fingerprint density at radius 2 is 2.42 bits per heavy atom. The second kappa shape index (κ2) is 3.10. The number of rotatable bonds is 1. The summed E-state index contributed by atoms with van der Waals surface area (Å²) in [6.07, 6.45) is 9.71. The molecule has 0 bridgehead atoms. The van der Waals surface area contributed by atoms with Gasteiger partial charge in [-0.2, -0.15) is 0 Å². The van der Waals surface area contributed by atoms with Crippen molar-refractivity contribution in [2.24, 2.45) is 0 Å². The molecule has 62 valence electrons. The molecular formula is C11H13N. The summed E-state index contributed by atoms with van der Waals surface area (Å²) in [5.74, 6) is 0. The highest BCUT2D eigenvalue weighted by molar-refractivity contribution is 5.50. The van der Waals surface area contributed by atoms with E-state index in [9.17, 15) is 0 Å². The summed E-state index contributed by atoms with van der Waals surface area (Å²) >= 11 is 0. The van der Waals surface area contributed by atoms with Crippen LogP contribution in [0.2, 0.25) is 0 Å². The highest BCUT2D eigenvalue weighted by Crippen LogP contribution is 2.10. The van der Waals surface area contributed by atoms with Crippen molar-refractivity contribution < 1.29 is 0 Å². The van der Waals surface area contributed by atoms with E-state index in [4.69, 9.17) is 0 Å². The molecule has 1 aromatic heterocycles. The molecule has 0 N–H and O–H groups in total. The first-order valence-electron chi connectivity index (χ1n) is 4.54. The van der Waals surface area contributed by atoms with Crippen LogP contribution in [-0.4, -0.2) is 4.98 Å². The van der Waals surface area contributed by atoms with Crippen LogP contribution in [-0.2, 0) is 0 Å². The highest BCUT2D eigenvalue weighted by atomic mass is 14.6. The summed E-state index contributed by atoms with van der Waals surface area (Å²) in [5, 5.41) is 2.74. The smallest absolute Gasteiger partial charge is 0.0343 e. The second-order valence-corrected chi connectivity index (χ2v) is 3.16. The fraction of sp³-hybridized carbons (Fsp3) is 0.364. The minimum atomic E-state index is 1.17. The van der Waals surface area contributed by atoms with Gasteiger partial charge in [-0.1, -0.05) is 18.6 Å². The molecule has 0 aliphatic heterocycles. The molecule has 0 spiro atoms. The molecule has 0 unspecified atom stereocenters. The Morgan fingerprint density at radius 1 is 1.50 bits per heavy atom. The molecule has 0 atom stereocenters. The van der Waals surface area contributed by atoms with E-state index in [2.05, 4.69) is 24.1 Å². The van der Waals surface area contributed by atoms with Crippen molar-refractivity contribution in [1.82, 2.24) is 4.98 Å². The number of pyridine rings is 1. The van der Waals surface area contributed by atoms with Crippen LogP contribution >= 0.6 is 0 Å².